The lowest BCUT2D eigenvalue weighted by molar-refractivity contribution is 0.219. The SMILES string of the molecule is CCCNc1nc(OC(C)C)nc(Sc2nncs2)n1. The molecule has 2 heterocycles. The van der Waals surface area contributed by atoms with Crippen molar-refractivity contribution in [1.82, 2.24) is 25.1 Å². The molecular weight excluding hydrogens is 296 g/mol. The Kier molecular flexibility index (Phi) is 5.48. The zero-order valence-electron chi connectivity index (χ0n) is 11.5. The van der Waals surface area contributed by atoms with Gasteiger partial charge >= 0.3 is 6.01 Å². The number of ether oxygens (including phenoxy) is 1. The Bertz CT molecular complexity index is 534. The van der Waals surface area contributed by atoms with Crippen LogP contribution in [-0.4, -0.2) is 37.8 Å². The molecule has 1 N–H and O–H groups in total. The van der Waals surface area contributed by atoms with E-state index < -0.39 is 0 Å². The first-order valence-electron chi connectivity index (χ1n) is 6.28. The summed E-state index contributed by atoms with van der Waals surface area (Å²) in [5.74, 6) is 0.518. The number of aromatic nitrogens is 5. The van der Waals surface area contributed by atoms with Crippen molar-refractivity contribution in [2.24, 2.45) is 0 Å². The summed E-state index contributed by atoms with van der Waals surface area (Å²) in [7, 11) is 0. The first-order chi connectivity index (χ1) is 9.67. The molecule has 2 aromatic heterocycles. The van der Waals surface area contributed by atoms with Crippen LogP contribution in [0.1, 0.15) is 27.2 Å². The molecule has 2 aromatic rings. The highest BCUT2D eigenvalue weighted by Gasteiger charge is 2.11. The molecule has 0 atom stereocenters. The van der Waals surface area contributed by atoms with Crippen molar-refractivity contribution < 1.29 is 4.74 Å². The maximum Gasteiger partial charge on any atom is 0.322 e. The van der Waals surface area contributed by atoms with Crippen LogP contribution < -0.4 is 10.1 Å². The highest BCUT2D eigenvalue weighted by atomic mass is 32.2. The molecule has 0 spiro atoms. The highest BCUT2D eigenvalue weighted by molar-refractivity contribution is 8.00. The van der Waals surface area contributed by atoms with Crippen molar-refractivity contribution in [3.63, 3.8) is 0 Å². The van der Waals surface area contributed by atoms with E-state index in [4.69, 9.17) is 4.74 Å². The van der Waals surface area contributed by atoms with Crippen LogP contribution in [0.15, 0.2) is 15.0 Å². The summed E-state index contributed by atoms with van der Waals surface area (Å²) in [5, 5.41) is 11.4. The second-order valence-electron chi connectivity index (χ2n) is 4.12. The molecule has 7 nitrogen and oxygen atoms in total. The van der Waals surface area contributed by atoms with E-state index in [1.54, 1.807) is 5.51 Å². The molecule has 0 amide bonds. The summed E-state index contributed by atoms with van der Waals surface area (Å²) in [4.78, 5) is 12.9. The Morgan fingerprint density at radius 3 is 2.85 bits per heavy atom. The molecule has 108 valence electrons. The van der Waals surface area contributed by atoms with Crippen molar-refractivity contribution in [2.45, 2.75) is 42.8 Å². The second kappa shape index (κ2) is 7.34. The van der Waals surface area contributed by atoms with E-state index in [0.717, 1.165) is 17.3 Å². The van der Waals surface area contributed by atoms with E-state index in [1.807, 2.05) is 13.8 Å². The fourth-order valence-electron chi connectivity index (χ4n) is 1.25. The topological polar surface area (TPSA) is 85.7 Å². The lowest BCUT2D eigenvalue weighted by Crippen LogP contribution is -2.12. The predicted octanol–water partition coefficient (Wildman–Crippen LogP) is 2.48. The molecule has 20 heavy (non-hydrogen) atoms. The number of nitrogens with one attached hydrogen (secondary N) is 1. The fourth-order valence-corrected chi connectivity index (χ4v) is 2.57. The van der Waals surface area contributed by atoms with Gasteiger partial charge in [0.2, 0.25) is 11.1 Å². The molecule has 0 radical (unpaired) electrons. The average molecular weight is 312 g/mol. The molecule has 0 saturated carbocycles. The predicted molar refractivity (Wildman–Crippen MR) is 78.4 cm³/mol. The summed E-state index contributed by atoms with van der Waals surface area (Å²) in [5.41, 5.74) is 1.67. The molecule has 0 saturated heterocycles. The molecule has 2 rings (SSSR count). The largest absolute Gasteiger partial charge is 0.461 e. The summed E-state index contributed by atoms with van der Waals surface area (Å²) in [6, 6.07) is 0.320. The highest BCUT2D eigenvalue weighted by Crippen LogP contribution is 2.27. The van der Waals surface area contributed by atoms with Crippen LogP contribution in [0.2, 0.25) is 0 Å². The van der Waals surface area contributed by atoms with Gasteiger partial charge in [-0.2, -0.15) is 15.0 Å². The van der Waals surface area contributed by atoms with E-state index in [-0.39, 0.29) is 6.10 Å². The number of anilines is 1. The summed E-state index contributed by atoms with van der Waals surface area (Å²) in [6.45, 7) is 6.74. The maximum absolute atomic E-state index is 5.55. The van der Waals surface area contributed by atoms with Gasteiger partial charge in [-0.1, -0.05) is 18.3 Å². The Hall–Kier alpha value is -1.48. The second-order valence-corrected chi connectivity index (χ2v) is 6.17. The van der Waals surface area contributed by atoms with Crippen molar-refractivity contribution in [3.8, 4) is 6.01 Å². The molecule has 0 aromatic carbocycles. The van der Waals surface area contributed by atoms with Gasteiger partial charge in [-0.15, -0.1) is 10.2 Å². The van der Waals surface area contributed by atoms with Crippen LogP contribution in [0.25, 0.3) is 0 Å². The Morgan fingerprint density at radius 1 is 1.35 bits per heavy atom. The monoisotopic (exact) mass is 312 g/mol. The van der Waals surface area contributed by atoms with Gasteiger partial charge in [0.25, 0.3) is 0 Å². The van der Waals surface area contributed by atoms with Gasteiger partial charge in [-0.3, -0.25) is 0 Å². The van der Waals surface area contributed by atoms with Crippen LogP contribution in [-0.2, 0) is 0 Å². The van der Waals surface area contributed by atoms with E-state index >= 15 is 0 Å². The zero-order chi connectivity index (χ0) is 14.4. The maximum atomic E-state index is 5.55. The van der Waals surface area contributed by atoms with E-state index in [2.05, 4.69) is 37.4 Å². The summed E-state index contributed by atoms with van der Waals surface area (Å²) < 4.78 is 6.33. The number of rotatable bonds is 7. The smallest absolute Gasteiger partial charge is 0.322 e. The Balaban J connectivity index is 2.19. The van der Waals surface area contributed by atoms with Gasteiger partial charge in [0.05, 0.1) is 6.10 Å². The first-order valence-corrected chi connectivity index (χ1v) is 7.97. The van der Waals surface area contributed by atoms with Gasteiger partial charge in [-0.25, -0.2) is 0 Å². The summed E-state index contributed by atoms with van der Waals surface area (Å²) >= 11 is 2.79. The van der Waals surface area contributed by atoms with Crippen LogP contribution >= 0.6 is 23.1 Å². The molecule has 0 aliphatic heterocycles. The van der Waals surface area contributed by atoms with Crippen molar-refractivity contribution in [3.05, 3.63) is 5.51 Å². The molecule has 0 bridgehead atoms. The van der Waals surface area contributed by atoms with Crippen molar-refractivity contribution >= 4 is 29.0 Å². The van der Waals surface area contributed by atoms with E-state index in [1.165, 1.54) is 23.1 Å². The standard InChI is InChI=1S/C11H16N6OS2/c1-4-5-12-8-14-9(18-7(2)3)16-10(15-8)20-11-17-13-6-19-11/h6-7H,4-5H2,1-3H3,(H,12,14,15,16). The zero-order valence-corrected chi connectivity index (χ0v) is 13.2. The number of hydrogen-bond acceptors (Lipinski definition) is 9. The van der Waals surface area contributed by atoms with E-state index in [0.29, 0.717) is 17.1 Å². The Labute approximate surface area is 125 Å². The van der Waals surface area contributed by atoms with Crippen LogP contribution in [0, 0.1) is 0 Å². The minimum absolute atomic E-state index is 0.0100. The van der Waals surface area contributed by atoms with Gasteiger partial charge in [0.15, 0.2) is 4.34 Å². The third-order valence-corrected chi connectivity index (χ3v) is 3.63. The minimum Gasteiger partial charge on any atom is -0.461 e. The molecule has 0 fully saturated rings. The fraction of sp³-hybridized carbons (Fsp3) is 0.545. The summed E-state index contributed by atoms with van der Waals surface area (Å²) in [6.07, 6.45) is 1.00. The number of hydrogen-bond donors (Lipinski definition) is 1. The molecule has 9 heteroatoms. The molecule has 0 aliphatic rings. The van der Waals surface area contributed by atoms with Gasteiger partial charge in [-0.05, 0) is 32.0 Å². The van der Waals surface area contributed by atoms with E-state index in [9.17, 15) is 0 Å². The van der Waals surface area contributed by atoms with Gasteiger partial charge in [0, 0.05) is 6.54 Å². The first kappa shape index (κ1) is 14.9. The molecule has 0 unspecified atom stereocenters. The van der Waals surface area contributed by atoms with Crippen molar-refractivity contribution in [2.75, 3.05) is 11.9 Å². The van der Waals surface area contributed by atoms with Crippen LogP contribution in [0.5, 0.6) is 6.01 Å². The van der Waals surface area contributed by atoms with Crippen LogP contribution in [0.3, 0.4) is 0 Å². The molecular formula is C11H16N6OS2. The quantitative estimate of drug-likeness (QED) is 0.834. The molecule has 0 aliphatic carbocycles. The minimum atomic E-state index is 0.0100. The third-order valence-electron chi connectivity index (χ3n) is 1.99. The lowest BCUT2D eigenvalue weighted by atomic mass is 10.5. The normalized spacial score (nSPS) is 10.8. The van der Waals surface area contributed by atoms with Gasteiger partial charge in [0.1, 0.15) is 5.51 Å². The third kappa shape index (κ3) is 4.57. The van der Waals surface area contributed by atoms with Gasteiger partial charge < -0.3 is 10.1 Å². The van der Waals surface area contributed by atoms with Crippen molar-refractivity contribution in [1.29, 1.82) is 0 Å². The Morgan fingerprint density at radius 2 is 2.20 bits per heavy atom. The average Bonchev–Trinajstić information content (AvgIpc) is 2.88. The lowest BCUT2D eigenvalue weighted by Gasteiger charge is -2.10. The number of nitrogens with zero attached hydrogens (tertiary/aromatic N) is 5. The van der Waals surface area contributed by atoms with Crippen LogP contribution in [0.4, 0.5) is 5.95 Å².